The van der Waals surface area contributed by atoms with Crippen molar-refractivity contribution < 1.29 is 0 Å². The van der Waals surface area contributed by atoms with Gasteiger partial charge < -0.3 is 10.6 Å². The van der Waals surface area contributed by atoms with Crippen LogP contribution in [0.3, 0.4) is 0 Å². The molecule has 0 bridgehead atoms. The molecule has 2 unspecified atom stereocenters. The summed E-state index contributed by atoms with van der Waals surface area (Å²) in [6, 6.07) is 13.7. The van der Waals surface area contributed by atoms with Crippen LogP contribution >= 0.6 is 11.3 Å². The van der Waals surface area contributed by atoms with Crippen LogP contribution in [0, 0.1) is 6.92 Å². The van der Waals surface area contributed by atoms with E-state index >= 15 is 0 Å². The highest BCUT2D eigenvalue weighted by atomic mass is 32.1. The summed E-state index contributed by atoms with van der Waals surface area (Å²) >= 11 is 1.88. The van der Waals surface area contributed by atoms with Crippen molar-refractivity contribution in [2.75, 3.05) is 11.4 Å². The molecule has 2 N–H and O–H groups in total. The van der Waals surface area contributed by atoms with E-state index in [0.717, 1.165) is 19.4 Å². The number of fused-ring (bicyclic) bond motifs is 1. The van der Waals surface area contributed by atoms with Crippen LogP contribution in [0.15, 0.2) is 36.4 Å². The molecule has 0 saturated heterocycles. The molecule has 2 atom stereocenters. The number of anilines is 1. The Kier molecular flexibility index (Phi) is 3.81. The number of thiophene rings is 1. The molecule has 0 spiro atoms. The van der Waals surface area contributed by atoms with Crippen LogP contribution in [0.2, 0.25) is 0 Å². The van der Waals surface area contributed by atoms with E-state index in [2.05, 4.69) is 55.1 Å². The highest BCUT2D eigenvalue weighted by Crippen LogP contribution is 2.38. The van der Waals surface area contributed by atoms with Gasteiger partial charge in [-0.05, 0) is 43.5 Å². The molecule has 1 aliphatic heterocycles. The van der Waals surface area contributed by atoms with Crippen LogP contribution in [0.5, 0.6) is 0 Å². The van der Waals surface area contributed by atoms with E-state index in [1.54, 1.807) is 0 Å². The van der Waals surface area contributed by atoms with Gasteiger partial charge in [0.25, 0.3) is 0 Å². The largest absolute Gasteiger partial charge is 0.362 e. The lowest BCUT2D eigenvalue weighted by molar-refractivity contribution is 0.504. The van der Waals surface area contributed by atoms with Crippen molar-refractivity contribution in [3.05, 3.63) is 51.7 Å². The molecule has 3 heteroatoms. The minimum atomic E-state index is 0.180. The maximum Gasteiger partial charge on any atom is 0.0785 e. The first-order valence-electron chi connectivity index (χ1n) is 7.37. The van der Waals surface area contributed by atoms with Gasteiger partial charge in [0.05, 0.1) is 6.04 Å². The Bertz CT molecular complexity index is 590. The van der Waals surface area contributed by atoms with Crippen LogP contribution < -0.4 is 10.6 Å². The molecule has 2 aromatic rings. The van der Waals surface area contributed by atoms with E-state index in [-0.39, 0.29) is 6.04 Å². The Morgan fingerprint density at radius 2 is 2.05 bits per heavy atom. The van der Waals surface area contributed by atoms with Gasteiger partial charge in [-0.1, -0.05) is 25.1 Å². The summed E-state index contributed by atoms with van der Waals surface area (Å²) in [7, 11) is 0. The van der Waals surface area contributed by atoms with Crippen LogP contribution in [0.4, 0.5) is 5.69 Å². The molecule has 1 aromatic carbocycles. The van der Waals surface area contributed by atoms with E-state index in [0.29, 0.717) is 6.04 Å². The van der Waals surface area contributed by atoms with Crippen molar-refractivity contribution >= 4 is 17.0 Å². The maximum absolute atomic E-state index is 6.46. The van der Waals surface area contributed by atoms with Gasteiger partial charge in [-0.3, -0.25) is 0 Å². The third-order valence-corrected chi connectivity index (χ3v) is 5.26. The fourth-order valence-electron chi connectivity index (χ4n) is 3.08. The fourth-order valence-corrected chi connectivity index (χ4v) is 4.15. The van der Waals surface area contributed by atoms with Crippen LogP contribution in [0.25, 0.3) is 0 Å². The quantitative estimate of drug-likeness (QED) is 0.923. The minimum absolute atomic E-state index is 0.180. The van der Waals surface area contributed by atoms with Crippen molar-refractivity contribution in [3.8, 4) is 0 Å². The first-order chi connectivity index (χ1) is 9.70. The smallest absolute Gasteiger partial charge is 0.0785 e. The molecule has 20 heavy (non-hydrogen) atoms. The molecule has 2 nitrogen and oxygen atoms in total. The molecule has 106 valence electrons. The summed E-state index contributed by atoms with van der Waals surface area (Å²) in [6.45, 7) is 5.43. The van der Waals surface area contributed by atoms with Crippen molar-refractivity contribution in [2.24, 2.45) is 5.73 Å². The van der Waals surface area contributed by atoms with Gasteiger partial charge in [0.1, 0.15) is 0 Å². The summed E-state index contributed by atoms with van der Waals surface area (Å²) in [5.74, 6) is 0. The van der Waals surface area contributed by atoms with Crippen LogP contribution in [0.1, 0.15) is 34.7 Å². The van der Waals surface area contributed by atoms with Crippen molar-refractivity contribution in [2.45, 2.75) is 38.8 Å². The third-order valence-electron chi connectivity index (χ3n) is 4.19. The third kappa shape index (κ3) is 2.36. The zero-order chi connectivity index (χ0) is 14.1. The Balaban J connectivity index is 1.99. The second kappa shape index (κ2) is 5.58. The zero-order valence-corrected chi connectivity index (χ0v) is 13.0. The molecular weight excluding hydrogens is 264 g/mol. The monoisotopic (exact) mass is 286 g/mol. The highest BCUT2D eigenvalue weighted by molar-refractivity contribution is 7.12. The Morgan fingerprint density at radius 1 is 1.25 bits per heavy atom. The molecule has 0 fully saturated rings. The lowest BCUT2D eigenvalue weighted by Crippen LogP contribution is -2.39. The normalized spacial score (nSPS) is 17.1. The van der Waals surface area contributed by atoms with Gasteiger partial charge in [-0.15, -0.1) is 11.3 Å². The van der Waals surface area contributed by atoms with E-state index < -0.39 is 0 Å². The number of benzene rings is 1. The Hall–Kier alpha value is -1.32. The number of rotatable bonds is 4. The van der Waals surface area contributed by atoms with Gasteiger partial charge >= 0.3 is 0 Å². The van der Waals surface area contributed by atoms with Crippen LogP contribution in [-0.4, -0.2) is 12.6 Å². The SMILES string of the molecule is CCC(N)C(c1ccc(C)s1)N1CCc2ccccc21. The summed E-state index contributed by atoms with van der Waals surface area (Å²) in [5.41, 5.74) is 9.28. The highest BCUT2D eigenvalue weighted by Gasteiger charge is 2.31. The minimum Gasteiger partial charge on any atom is -0.362 e. The van der Waals surface area contributed by atoms with Gasteiger partial charge in [-0.2, -0.15) is 0 Å². The molecule has 2 heterocycles. The standard InChI is InChI=1S/C17H22N2S/c1-3-14(18)17(16-9-8-12(2)20-16)19-11-10-13-6-4-5-7-15(13)19/h4-9,14,17H,3,10-11,18H2,1-2H3. The predicted octanol–water partition coefficient (Wildman–Crippen LogP) is 3.90. The maximum atomic E-state index is 6.46. The number of hydrogen-bond acceptors (Lipinski definition) is 3. The summed E-state index contributed by atoms with van der Waals surface area (Å²) in [5, 5.41) is 0. The van der Waals surface area contributed by atoms with Gasteiger partial charge in [0, 0.05) is 28.0 Å². The van der Waals surface area contributed by atoms with E-state index in [4.69, 9.17) is 5.73 Å². The molecule has 3 rings (SSSR count). The fraction of sp³-hybridized carbons (Fsp3) is 0.412. The van der Waals surface area contributed by atoms with Crippen LogP contribution in [-0.2, 0) is 6.42 Å². The average molecular weight is 286 g/mol. The lowest BCUT2D eigenvalue weighted by Gasteiger charge is -2.33. The van der Waals surface area contributed by atoms with Crippen molar-refractivity contribution in [1.29, 1.82) is 0 Å². The van der Waals surface area contributed by atoms with Gasteiger partial charge in [0.15, 0.2) is 0 Å². The first kappa shape index (κ1) is 13.7. The number of nitrogens with two attached hydrogens (primary N) is 1. The molecule has 0 radical (unpaired) electrons. The molecule has 0 amide bonds. The van der Waals surface area contributed by atoms with E-state index in [1.807, 2.05) is 11.3 Å². The summed E-state index contributed by atoms with van der Waals surface area (Å²) in [6.07, 6.45) is 2.13. The van der Waals surface area contributed by atoms with Crippen molar-refractivity contribution in [3.63, 3.8) is 0 Å². The van der Waals surface area contributed by atoms with Gasteiger partial charge in [-0.25, -0.2) is 0 Å². The topological polar surface area (TPSA) is 29.3 Å². The molecule has 1 aromatic heterocycles. The van der Waals surface area contributed by atoms with Gasteiger partial charge in [0.2, 0.25) is 0 Å². The number of para-hydroxylation sites is 1. The molecule has 0 saturated carbocycles. The predicted molar refractivity (Wildman–Crippen MR) is 87.6 cm³/mol. The molecular formula is C17H22N2S. The second-order valence-electron chi connectivity index (χ2n) is 5.54. The molecule has 1 aliphatic rings. The lowest BCUT2D eigenvalue weighted by atomic mass is 10.0. The zero-order valence-electron chi connectivity index (χ0n) is 12.2. The van der Waals surface area contributed by atoms with E-state index in [1.165, 1.54) is 21.0 Å². The second-order valence-corrected chi connectivity index (χ2v) is 6.86. The van der Waals surface area contributed by atoms with E-state index in [9.17, 15) is 0 Å². The van der Waals surface area contributed by atoms with Crippen molar-refractivity contribution in [1.82, 2.24) is 0 Å². The number of nitrogens with zero attached hydrogens (tertiary/aromatic N) is 1. The first-order valence-corrected chi connectivity index (χ1v) is 8.19. The number of hydrogen-bond donors (Lipinski definition) is 1. The Morgan fingerprint density at radius 3 is 2.75 bits per heavy atom. The molecule has 0 aliphatic carbocycles. The number of aryl methyl sites for hydroxylation is 1. The Labute approximate surface area is 125 Å². The summed E-state index contributed by atoms with van der Waals surface area (Å²) < 4.78 is 0. The average Bonchev–Trinajstić information content (AvgIpc) is 3.07. The summed E-state index contributed by atoms with van der Waals surface area (Å²) in [4.78, 5) is 5.27.